The molecule has 1 saturated heterocycles. The maximum absolute atomic E-state index is 14.0. The van der Waals surface area contributed by atoms with Gasteiger partial charge in [0.05, 0.1) is 34.6 Å². The average molecular weight is 718 g/mol. The lowest BCUT2D eigenvalue weighted by Crippen LogP contribution is -2.35. The molecular weight excluding hydrogens is 684 g/mol. The van der Waals surface area contributed by atoms with E-state index in [-0.39, 0.29) is 34.8 Å². The standard InChI is InChI=1S/C35H34ClF2N9O4/c1-18-21(22-6-4-8-24(28(22)36)43-34(49)33-42-26-17-47(35(50)51)12-10-27(26)45(33)2)5-3-7-23(18)40-31-29-25(41-32(44-31)30(37)38)13-19(14-39-29)15-46-11-9-20(48)16-46/h3-8,13-14,20,30,48H,9-12,15-17H2,1-2H3,(H,43,49)(H,50,51)(H,40,41,44). The van der Waals surface area contributed by atoms with Gasteiger partial charge in [0.2, 0.25) is 0 Å². The number of carbonyl (C=O) groups is 2. The molecule has 1 fully saturated rings. The second kappa shape index (κ2) is 13.8. The van der Waals surface area contributed by atoms with Crippen molar-refractivity contribution in [3.05, 3.63) is 87.8 Å². The van der Waals surface area contributed by atoms with Gasteiger partial charge in [-0.25, -0.2) is 28.5 Å². The smallest absolute Gasteiger partial charge is 0.407 e. The number of aromatic nitrogens is 5. The predicted octanol–water partition coefficient (Wildman–Crippen LogP) is 5.92. The van der Waals surface area contributed by atoms with E-state index in [0.29, 0.717) is 60.6 Å². The molecule has 0 aliphatic carbocycles. The second-order valence-corrected chi connectivity index (χ2v) is 13.1. The van der Waals surface area contributed by atoms with Crippen LogP contribution in [-0.2, 0) is 26.6 Å². The van der Waals surface area contributed by atoms with Crippen molar-refractivity contribution in [3.8, 4) is 11.1 Å². The summed E-state index contributed by atoms with van der Waals surface area (Å²) in [5.41, 5.74) is 5.70. The first-order valence-electron chi connectivity index (χ1n) is 16.3. The summed E-state index contributed by atoms with van der Waals surface area (Å²) < 4.78 is 29.6. The molecule has 5 aromatic rings. The van der Waals surface area contributed by atoms with Crippen molar-refractivity contribution in [3.63, 3.8) is 0 Å². The zero-order valence-electron chi connectivity index (χ0n) is 27.7. The van der Waals surface area contributed by atoms with Crippen molar-refractivity contribution < 1.29 is 28.6 Å². The van der Waals surface area contributed by atoms with Gasteiger partial charge in [0.15, 0.2) is 17.5 Å². The first-order valence-corrected chi connectivity index (χ1v) is 16.7. The van der Waals surface area contributed by atoms with E-state index in [1.807, 2.05) is 19.1 Å². The maximum Gasteiger partial charge on any atom is 0.407 e. The molecule has 1 unspecified atom stereocenters. The number of carboxylic acid groups (broad SMARTS) is 1. The third-order valence-electron chi connectivity index (χ3n) is 9.31. The SMILES string of the molecule is Cc1c(Nc2nc(C(F)F)nc3cc(CN4CCC(O)C4)cnc23)cccc1-c1cccc(NC(=O)c2nc3c(n2C)CCN(C(=O)O)C3)c1Cl. The minimum absolute atomic E-state index is 0.0988. The van der Waals surface area contributed by atoms with E-state index in [9.17, 15) is 28.6 Å². The van der Waals surface area contributed by atoms with E-state index in [1.165, 1.54) is 4.90 Å². The molecule has 2 aliphatic rings. The van der Waals surface area contributed by atoms with Gasteiger partial charge in [-0.15, -0.1) is 0 Å². The molecule has 3 aromatic heterocycles. The van der Waals surface area contributed by atoms with E-state index in [4.69, 9.17) is 11.6 Å². The van der Waals surface area contributed by atoms with Crippen molar-refractivity contribution in [2.75, 3.05) is 30.3 Å². The largest absolute Gasteiger partial charge is 0.465 e. The highest BCUT2D eigenvalue weighted by molar-refractivity contribution is 6.36. The summed E-state index contributed by atoms with van der Waals surface area (Å²) in [5, 5.41) is 25.6. The molecule has 51 heavy (non-hydrogen) atoms. The van der Waals surface area contributed by atoms with E-state index in [2.05, 4.69) is 35.5 Å². The number of hydrogen-bond donors (Lipinski definition) is 4. The molecule has 264 valence electrons. The number of fused-ring (bicyclic) bond motifs is 2. The van der Waals surface area contributed by atoms with Crippen molar-refractivity contribution in [2.24, 2.45) is 7.05 Å². The van der Waals surface area contributed by atoms with Crippen molar-refractivity contribution in [1.29, 1.82) is 0 Å². The normalized spacial score (nSPS) is 16.1. The fourth-order valence-corrected chi connectivity index (χ4v) is 6.94. The summed E-state index contributed by atoms with van der Waals surface area (Å²) in [6.45, 7) is 4.04. The summed E-state index contributed by atoms with van der Waals surface area (Å²) in [6.07, 6.45) is -1.55. The number of aliphatic hydroxyl groups excluding tert-OH is 1. The molecule has 0 saturated carbocycles. The van der Waals surface area contributed by atoms with Crippen LogP contribution in [0.3, 0.4) is 0 Å². The van der Waals surface area contributed by atoms with Crippen molar-refractivity contribution in [2.45, 2.75) is 45.4 Å². The molecule has 5 heterocycles. The molecule has 2 aliphatic heterocycles. The molecule has 7 rings (SSSR count). The topological polar surface area (TPSA) is 162 Å². The summed E-state index contributed by atoms with van der Waals surface area (Å²) in [7, 11) is 1.72. The number of halogens is 3. The fraction of sp³-hybridized carbons (Fsp3) is 0.314. The minimum Gasteiger partial charge on any atom is -0.465 e. The average Bonchev–Trinajstić information content (AvgIpc) is 3.67. The Morgan fingerprint density at radius 2 is 1.84 bits per heavy atom. The van der Waals surface area contributed by atoms with Crippen LogP contribution >= 0.6 is 11.6 Å². The predicted molar refractivity (Wildman–Crippen MR) is 186 cm³/mol. The van der Waals surface area contributed by atoms with Crippen LogP contribution in [-0.4, -0.2) is 82.3 Å². The molecule has 13 nitrogen and oxygen atoms in total. The lowest BCUT2D eigenvalue weighted by molar-refractivity contribution is 0.101. The highest BCUT2D eigenvalue weighted by Crippen LogP contribution is 2.39. The van der Waals surface area contributed by atoms with Crippen LogP contribution in [0.15, 0.2) is 48.7 Å². The Labute approximate surface area is 295 Å². The van der Waals surface area contributed by atoms with Crippen LogP contribution < -0.4 is 10.6 Å². The summed E-state index contributed by atoms with van der Waals surface area (Å²) in [6, 6.07) is 12.4. The Balaban J connectivity index is 1.16. The van der Waals surface area contributed by atoms with Gasteiger partial charge in [0.1, 0.15) is 5.52 Å². The number of aliphatic hydroxyl groups is 1. The Hall–Kier alpha value is -5.25. The van der Waals surface area contributed by atoms with Gasteiger partial charge in [0.25, 0.3) is 12.3 Å². The van der Waals surface area contributed by atoms with Crippen LogP contribution in [0.5, 0.6) is 0 Å². The number of pyridine rings is 1. The zero-order chi connectivity index (χ0) is 36.0. The minimum atomic E-state index is -2.91. The maximum atomic E-state index is 14.0. The molecule has 0 bridgehead atoms. The number of alkyl halides is 2. The lowest BCUT2D eigenvalue weighted by atomic mass is 9.98. The van der Waals surface area contributed by atoms with Gasteiger partial charge >= 0.3 is 6.09 Å². The van der Waals surface area contributed by atoms with Gasteiger partial charge < -0.3 is 30.3 Å². The number of hydrogen-bond acceptors (Lipinski definition) is 9. The van der Waals surface area contributed by atoms with E-state index in [0.717, 1.165) is 28.9 Å². The molecule has 16 heteroatoms. The van der Waals surface area contributed by atoms with Crippen molar-refractivity contribution >= 4 is 51.8 Å². The van der Waals surface area contributed by atoms with Gasteiger partial charge in [-0.3, -0.25) is 14.7 Å². The quantitative estimate of drug-likeness (QED) is 0.152. The van der Waals surface area contributed by atoms with Crippen LogP contribution in [0.1, 0.15) is 51.8 Å². The zero-order valence-corrected chi connectivity index (χ0v) is 28.5. The number of rotatable bonds is 8. The Morgan fingerprint density at radius 3 is 2.57 bits per heavy atom. The number of nitrogens with zero attached hydrogens (tertiary/aromatic N) is 7. The molecular formula is C35H34ClF2N9O4. The van der Waals surface area contributed by atoms with Gasteiger partial charge in [-0.05, 0) is 48.2 Å². The summed E-state index contributed by atoms with van der Waals surface area (Å²) in [4.78, 5) is 45.4. The van der Waals surface area contributed by atoms with Gasteiger partial charge in [-0.2, -0.15) is 0 Å². The highest BCUT2D eigenvalue weighted by atomic mass is 35.5. The Bertz CT molecular complexity index is 2180. The lowest BCUT2D eigenvalue weighted by Gasteiger charge is -2.23. The first kappa shape index (κ1) is 34.2. The molecule has 2 amide bonds. The van der Waals surface area contributed by atoms with Crippen LogP contribution in [0, 0.1) is 6.92 Å². The first-order chi connectivity index (χ1) is 24.5. The monoisotopic (exact) mass is 717 g/mol. The summed E-state index contributed by atoms with van der Waals surface area (Å²) >= 11 is 6.91. The molecule has 2 aromatic carbocycles. The van der Waals surface area contributed by atoms with Crippen LogP contribution in [0.2, 0.25) is 5.02 Å². The van der Waals surface area contributed by atoms with E-state index in [1.54, 1.807) is 48.1 Å². The number of anilines is 3. The Kier molecular flexibility index (Phi) is 9.26. The van der Waals surface area contributed by atoms with E-state index < -0.39 is 24.3 Å². The summed E-state index contributed by atoms with van der Waals surface area (Å²) in [5.74, 6) is -0.880. The van der Waals surface area contributed by atoms with Crippen molar-refractivity contribution in [1.82, 2.24) is 34.3 Å². The van der Waals surface area contributed by atoms with Gasteiger partial charge in [0, 0.05) is 62.8 Å². The molecule has 0 spiro atoms. The number of β-amino-alcohol motifs (C(OH)–C–C–N with tert-alkyl or cyclic N) is 1. The third-order valence-corrected chi connectivity index (χ3v) is 9.72. The number of likely N-dealkylation sites (tertiary alicyclic amines) is 1. The number of imidazole rings is 1. The molecule has 1 atom stereocenters. The number of nitrogens with one attached hydrogen (secondary N) is 2. The third kappa shape index (κ3) is 6.79. The molecule has 4 N–H and O–H groups in total. The number of carbonyl (C=O) groups excluding carboxylic acids is 1. The number of amides is 2. The molecule has 0 radical (unpaired) electrons. The highest BCUT2D eigenvalue weighted by Gasteiger charge is 2.28. The van der Waals surface area contributed by atoms with Crippen LogP contribution in [0.25, 0.3) is 22.2 Å². The number of benzene rings is 2. The van der Waals surface area contributed by atoms with Gasteiger partial charge in [-0.1, -0.05) is 35.9 Å². The van der Waals surface area contributed by atoms with Crippen LogP contribution in [0.4, 0.5) is 30.8 Å². The second-order valence-electron chi connectivity index (χ2n) is 12.7. The fourth-order valence-electron chi connectivity index (χ4n) is 6.66. The van der Waals surface area contributed by atoms with E-state index >= 15 is 0 Å². The Morgan fingerprint density at radius 1 is 1.08 bits per heavy atom.